The lowest BCUT2D eigenvalue weighted by Crippen LogP contribution is -2.19. The highest BCUT2D eigenvalue weighted by Crippen LogP contribution is 2.31. The normalized spacial score (nSPS) is 11.0. The second-order valence-corrected chi connectivity index (χ2v) is 9.37. The fourth-order valence-electron chi connectivity index (χ4n) is 3.07. The van der Waals surface area contributed by atoms with Crippen LogP contribution in [0, 0.1) is 0 Å². The number of nitrogens with one attached hydrogen (secondary N) is 2. The van der Waals surface area contributed by atoms with Gasteiger partial charge in [0.2, 0.25) is 0 Å². The summed E-state index contributed by atoms with van der Waals surface area (Å²) in [6.07, 6.45) is 6.17. The summed E-state index contributed by atoms with van der Waals surface area (Å²) >= 11 is 0. The number of hydrogen-bond acceptors (Lipinski definition) is 7. The summed E-state index contributed by atoms with van der Waals surface area (Å²) < 4.78 is 29.0. The van der Waals surface area contributed by atoms with Gasteiger partial charge in [0.05, 0.1) is 4.90 Å². The van der Waals surface area contributed by atoms with Crippen LogP contribution >= 0.6 is 0 Å². The van der Waals surface area contributed by atoms with Gasteiger partial charge in [0.1, 0.15) is 5.75 Å². The molecule has 0 aliphatic carbocycles. The van der Waals surface area contributed by atoms with E-state index in [2.05, 4.69) is 20.6 Å². The molecule has 0 radical (unpaired) electrons. The third-order valence-electron chi connectivity index (χ3n) is 4.74. The molecule has 0 atom stereocenters. The van der Waals surface area contributed by atoms with E-state index >= 15 is 0 Å². The van der Waals surface area contributed by atoms with E-state index in [9.17, 15) is 13.2 Å². The number of pyridine rings is 2. The Bertz CT molecular complexity index is 1430. The fourth-order valence-corrected chi connectivity index (χ4v) is 3.70. The maximum Gasteiger partial charge on any atom is 0.323 e. The molecule has 9 nitrogen and oxygen atoms in total. The van der Waals surface area contributed by atoms with Gasteiger partial charge in [-0.15, -0.1) is 0 Å². The van der Waals surface area contributed by atoms with Crippen molar-refractivity contribution in [2.45, 2.75) is 4.90 Å². The Hall–Kier alpha value is -4.44. The van der Waals surface area contributed by atoms with E-state index in [1.165, 1.54) is 24.3 Å². The highest BCUT2D eigenvalue weighted by molar-refractivity contribution is 7.90. The van der Waals surface area contributed by atoms with Crippen molar-refractivity contribution in [1.82, 2.24) is 9.97 Å². The second kappa shape index (κ2) is 9.59. The van der Waals surface area contributed by atoms with Crippen LogP contribution in [0.5, 0.6) is 11.5 Å². The van der Waals surface area contributed by atoms with Crippen molar-refractivity contribution in [3.8, 4) is 22.6 Å². The van der Waals surface area contributed by atoms with Gasteiger partial charge >= 0.3 is 6.03 Å². The maximum absolute atomic E-state index is 12.4. The monoisotopic (exact) mass is 475 g/mol. The van der Waals surface area contributed by atoms with Crippen LogP contribution in [0.25, 0.3) is 11.1 Å². The maximum atomic E-state index is 12.4. The summed E-state index contributed by atoms with van der Waals surface area (Å²) in [5.74, 6) is 1.04. The van der Waals surface area contributed by atoms with Crippen molar-refractivity contribution < 1.29 is 17.9 Å². The number of hydrogen-bond donors (Lipinski definition) is 3. The van der Waals surface area contributed by atoms with Crippen molar-refractivity contribution >= 4 is 33.1 Å². The van der Waals surface area contributed by atoms with E-state index in [1.54, 1.807) is 48.9 Å². The zero-order valence-electron chi connectivity index (χ0n) is 18.1. The molecule has 172 valence electrons. The Morgan fingerprint density at radius 3 is 2.38 bits per heavy atom. The topological polar surface area (TPSA) is 136 Å². The Labute approximate surface area is 196 Å². The Kier molecular flexibility index (Phi) is 6.42. The molecule has 34 heavy (non-hydrogen) atoms. The molecule has 2 heterocycles. The Morgan fingerprint density at radius 2 is 1.68 bits per heavy atom. The lowest BCUT2D eigenvalue weighted by molar-refractivity contribution is 0.262. The molecule has 4 aromatic rings. The summed E-state index contributed by atoms with van der Waals surface area (Å²) in [5, 5.41) is 5.36. The molecule has 10 heteroatoms. The minimum absolute atomic E-state index is 0.171. The van der Waals surface area contributed by atoms with Crippen molar-refractivity contribution in [1.29, 1.82) is 0 Å². The first kappa shape index (κ1) is 22.7. The third kappa shape index (κ3) is 5.67. The van der Waals surface area contributed by atoms with Gasteiger partial charge in [-0.1, -0.05) is 12.1 Å². The largest absolute Gasteiger partial charge is 0.453 e. The predicted octanol–water partition coefficient (Wildman–Crippen LogP) is 4.57. The Balaban J connectivity index is 1.45. The van der Waals surface area contributed by atoms with Crippen LogP contribution in [-0.2, 0) is 9.84 Å². The molecule has 0 fully saturated rings. The van der Waals surface area contributed by atoms with Crippen LogP contribution < -0.4 is 21.1 Å². The number of ether oxygens (including phenoxy) is 1. The molecule has 0 aliphatic heterocycles. The molecule has 0 unspecified atom stereocenters. The number of nitrogens with zero attached hydrogens (tertiary/aromatic N) is 2. The van der Waals surface area contributed by atoms with Gasteiger partial charge in [-0.2, -0.15) is 0 Å². The molecule has 4 rings (SSSR count). The van der Waals surface area contributed by atoms with E-state index in [0.717, 1.165) is 17.4 Å². The van der Waals surface area contributed by atoms with Crippen molar-refractivity contribution in [3.63, 3.8) is 0 Å². The smallest absolute Gasteiger partial charge is 0.323 e. The predicted molar refractivity (Wildman–Crippen MR) is 131 cm³/mol. The minimum atomic E-state index is -3.31. The lowest BCUT2D eigenvalue weighted by atomic mass is 10.1. The van der Waals surface area contributed by atoms with Gasteiger partial charge in [0, 0.05) is 53.4 Å². The Morgan fingerprint density at radius 1 is 0.912 bits per heavy atom. The number of rotatable bonds is 6. The molecule has 0 saturated carbocycles. The molecule has 0 saturated heterocycles. The number of carbonyl (C=O) groups is 1. The van der Waals surface area contributed by atoms with Gasteiger partial charge in [-0.05, 0) is 48.5 Å². The minimum Gasteiger partial charge on any atom is -0.453 e. The summed E-state index contributed by atoms with van der Waals surface area (Å²) in [4.78, 5) is 20.8. The van der Waals surface area contributed by atoms with Gasteiger partial charge in [0.25, 0.3) is 0 Å². The quantitative estimate of drug-likeness (QED) is 0.372. The van der Waals surface area contributed by atoms with Crippen LogP contribution in [0.3, 0.4) is 0 Å². The molecule has 0 aliphatic rings. The molecular formula is C24H21N5O4S. The highest BCUT2D eigenvalue weighted by atomic mass is 32.2. The van der Waals surface area contributed by atoms with Crippen LogP contribution in [0.15, 0.2) is 90.2 Å². The fraction of sp³-hybridized carbons (Fsp3) is 0.0417. The first-order chi connectivity index (χ1) is 16.3. The molecular weight excluding hydrogens is 454 g/mol. The lowest BCUT2D eigenvalue weighted by Gasteiger charge is -2.12. The van der Waals surface area contributed by atoms with Crippen LogP contribution in [0.4, 0.5) is 22.0 Å². The van der Waals surface area contributed by atoms with Crippen LogP contribution in [0.2, 0.25) is 0 Å². The molecule has 2 amide bonds. The van der Waals surface area contributed by atoms with E-state index in [4.69, 9.17) is 10.5 Å². The number of anilines is 3. The van der Waals surface area contributed by atoms with E-state index in [-0.39, 0.29) is 10.7 Å². The molecule has 2 aromatic carbocycles. The average Bonchev–Trinajstić information content (AvgIpc) is 2.81. The van der Waals surface area contributed by atoms with Crippen molar-refractivity contribution in [2.24, 2.45) is 0 Å². The number of carbonyl (C=O) groups excluding carboxylic acids is 1. The number of nitrogens with two attached hydrogens (primary N) is 1. The molecule has 0 bridgehead atoms. The number of urea groups is 1. The van der Waals surface area contributed by atoms with Gasteiger partial charge in [-0.3, -0.25) is 4.98 Å². The van der Waals surface area contributed by atoms with Gasteiger partial charge in [0.15, 0.2) is 21.4 Å². The van der Waals surface area contributed by atoms with E-state index in [1.807, 2.05) is 12.1 Å². The first-order valence-electron chi connectivity index (χ1n) is 10.1. The molecule has 2 aromatic heterocycles. The van der Waals surface area contributed by atoms with Gasteiger partial charge in [-0.25, -0.2) is 18.2 Å². The van der Waals surface area contributed by atoms with E-state index in [0.29, 0.717) is 22.9 Å². The number of nitrogen functional groups attached to an aromatic ring is 1. The average molecular weight is 476 g/mol. The van der Waals surface area contributed by atoms with Crippen molar-refractivity contribution in [2.75, 3.05) is 22.6 Å². The standard InChI is InChI=1S/C24H21N5O4S/c1-34(31,32)21-9-7-18(8-10-21)28-24(30)29-19-5-2-6-20(13-19)33-22-12-17(15-27-23(22)25)16-4-3-11-26-14-16/h2-15H,1H3,(H2,25,27)(H2,28,29,30). The number of benzene rings is 2. The zero-order valence-corrected chi connectivity index (χ0v) is 18.9. The highest BCUT2D eigenvalue weighted by Gasteiger charge is 2.10. The molecule has 0 spiro atoms. The third-order valence-corrected chi connectivity index (χ3v) is 5.87. The van der Waals surface area contributed by atoms with Crippen molar-refractivity contribution in [3.05, 3.63) is 85.3 Å². The summed E-state index contributed by atoms with van der Waals surface area (Å²) in [6.45, 7) is 0. The molecule has 4 N–H and O–H groups in total. The first-order valence-corrected chi connectivity index (χ1v) is 12.0. The summed E-state index contributed by atoms with van der Waals surface area (Å²) in [6, 6.07) is 17.7. The zero-order chi connectivity index (χ0) is 24.1. The summed E-state index contributed by atoms with van der Waals surface area (Å²) in [5.41, 5.74) is 8.59. The number of aromatic nitrogens is 2. The number of amides is 2. The van der Waals surface area contributed by atoms with E-state index < -0.39 is 15.9 Å². The SMILES string of the molecule is CS(=O)(=O)c1ccc(NC(=O)Nc2cccc(Oc3cc(-c4cccnc4)cnc3N)c2)cc1. The van der Waals surface area contributed by atoms with Crippen LogP contribution in [-0.4, -0.2) is 30.7 Å². The second-order valence-electron chi connectivity index (χ2n) is 7.35. The summed E-state index contributed by atoms with van der Waals surface area (Å²) in [7, 11) is -3.31. The number of sulfone groups is 1. The van der Waals surface area contributed by atoms with Crippen LogP contribution in [0.1, 0.15) is 0 Å². The van der Waals surface area contributed by atoms with Gasteiger partial charge < -0.3 is 21.1 Å².